The van der Waals surface area contributed by atoms with E-state index in [9.17, 15) is 0 Å². The van der Waals surface area contributed by atoms with E-state index in [0.29, 0.717) is 5.92 Å². The van der Waals surface area contributed by atoms with Gasteiger partial charge in [-0.15, -0.1) is 11.3 Å². The molecule has 18 heavy (non-hydrogen) atoms. The molecular weight excluding hydrogens is 244 g/mol. The molecule has 2 aromatic rings. The second kappa shape index (κ2) is 4.82. The first-order valence-corrected chi connectivity index (χ1v) is 7.28. The fourth-order valence-corrected chi connectivity index (χ4v) is 3.82. The molecule has 96 valence electrons. The summed E-state index contributed by atoms with van der Waals surface area (Å²) in [6, 6.07) is 2.39. The van der Waals surface area contributed by atoms with Crippen LogP contribution in [0.15, 0.2) is 17.8 Å². The lowest BCUT2D eigenvalue weighted by Gasteiger charge is -2.27. The van der Waals surface area contributed by atoms with Gasteiger partial charge >= 0.3 is 0 Å². The Morgan fingerprint density at radius 2 is 2.50 bits per heavy atom. The smallest absolute Gasteiger partial charge is 0.138 e. The summed E-state index contributed by atoms with van der Waals surface area (Å²) in [5, 5.41) is 6.29. The molecule has 0 saturated heterocycles. The molecule has 2 unspecified atom stereocenters. The molecule has 0 radical (unpaired) electrons. The molecular formula is C13H18N4S. The maximum atomic E-state index is 6.41. The van der Waals surface area contributed by atoms with E-state index < -0.39 is 0 Å². The van der Waals surface area contributed by atoms with E-state index in [1.807, 2.05) is 23.1 Å². The minimum absolute atomic E-state index is 0.140. The second-order valence-electron chi connectivity index (χ2n) is 4.97. The summed E-state index contributed by atoms with van der Waals surface area (Å²) >= 11 is 1.87. The Morgan fingerprint density at radius 3 is 3.28 bits per heavy atom. The van der Waals surface area contributed by atoms with Crippen LogP contribution in [0.25, 0.3) is 0 Å². The van der Waals surface area contributed by atoms with Crippen LogP contribution in [-0.4, -0.2) is 20.8 Å². The Balaban J connectivity index is 1.78. The number of rotatable bonds is 3. The molecule has 0 aromatic carbocycles. The zero-order chi connectivity index (χ0) is 12.5. The van der Waals surface area contributed by atoms with Crippen molar-refractivity contribution >= 4 is 11.3 Å². The lowest BCUT2D eigenvalue weighted by molar-refractivity contribution is 0.452. The molecule has 0 saturated carbocycles. The third-order valence-electron chi connectivity index (χ3n) is 3.84. The first-order chi connectivity index (χ1) is 8.75. The standard InChI is InChI=1S/C13H18N4S/c1-17-13(15-8-16-17)7-11(14)9-3-2-4-12-10(9)5-6-18-12/h5-6,8-9,11H,2-4,7,14H2,1H3. The van der Waals surface area contributed by atoms with Crippen molar-refractivity contribution in [2.45, 2.75) is 37.6 Å². The third-order valence-corrected chi connectivity index (χ3v) is 4.84. The van der Waals surface area contributed by atoms with Crippen molar-refractivity contribution in [3.8, 4) is 0 Å². The van der Waals surface area contributed by atoms with Gasteiger partial charge in [-0.1, -0.05) is 0 Å². The zero-order valence-corrected chi connectivity index (χ0v) is 11.4. The van der Waals surface area contributed by atoms with Crippen LogP contribution in [0.2, 0.25) is 0 Å². The van der Waals surface area contributed by atoms with Crippen molar-refractivity contribution in [2.75, 3.05) is 0 Å². The minimum Gasteiger partial charge on any atom is -0.327 e. The SMILES string of the molecule is Cn1ncnc1CC(N)C1CCCc2sccc21. The van der Waals surface area contributed by atoms with Crippen LogP contribution < -0.4 is 5.73 Å². The Bertz CT molecular complexity index is 531. The Kier molecular flexibility index (Phi) is 3.18. The Hall–Kier alpha value is -1.20. The summed E-state index contributed by atoms with van der Waals surface area (Å²) in [6.45, 7) is 0. The summed E-state index contributed by atoms with van der Waals surface area (Å²) in [7, 11) is 1.92. The van der Waals surface area contributed by atoms with Crippen molar-refractivity contribution in [1.82, 2.24) is 14.8 Å². The topological polar surface area (TPSA) is 56.7 Å². The summed E-state index contributed by atoms with van der Waals surface area (Å²) < 4.78 is 1.82. The summed E-state index contributed by atoms with van der Waals surface area (Å²) in [5.74, 6) is 1.46. The van der Waals surface area contributed by atoms with Gasteiger partial charge in [0.25, 0.3) is 0 Å². The van der Waals surface area contributed by atoms with Gasteiger partial charge in [0.2, 0.25) is 0 Å². The normalized spacial score (nSPS) is 20.7. The monoisotopic (exact) mass is 262 g/mol. The fraction of sp³-hybridized carbons (Fsp3) is 0.538. The van der Waals surface area contributed by atoms with Gasteiger partial charge in [-0.25, -0.2) is 4.98 Å². The highest BCUT2D eigenvalue weighted by atomic mass is 32.1. The highest BCUT2D eigenvalue weighted by Gasteiger charge is 2.27. The Morgan fingerprint density at radius 1 is 1.61 bits per heavy atom. The van der Waals surface area contributed by atoms with E-state index in [2.05, 4.69) is 21.5 Å². The molecule has 3 rings (SSSR count). The van der Waals surface area contributed by atoms with Gasteiger partial charge in [-0.2, -0.15) is 5.10 Å². The van der Waals surface area contributed by atoms with E-state index in [-0.39, 0.29) is 6.04 Å². The molecule has 4 nitrogen and oxygen atoms in total. The number of nitrogens with zero attached hydrogens (tertiary/aromatic N) is 3. The predicted octanol–water partition coefficient (Wildman–Crippen LogP) is 1.87. The maximum Gasteiger partial charge on any atom is 0.138 e. The number of nitrogens with two attached hydrogens (primary N) is 1. The number of hydrogen-bond acceptors (Lipinski definition) is 4. The van der Waals surface area contributed by atoms with Crippen molar-refractivity contribution in [1.29, 1.82) is 0 Å². The van der Waals surface area contributed by atoms with Gasteiger partial charge in [0.1, 0.15) is 12.2 Å². The lowest BCUT2D eigenvalue weighted by atomic mass is 9.81. The summed E-state index contributed by atoms with van der Waals surface area (Å²) in [4.78, 5) is 5.80. The van der Waals surface area contributed by atoms with Crippen LogP contribution >= 0.6 is 11.3 Å². The quantitative estimate of drug-likeness (QED) is 0.918. The molecule has 5 heteroatoms. The van der Waals surface area contributed by atoms with Crippen LogP contribution in [0.5, 0.6) is 0 Å². The van der Waals surface area contributed by atoms with Crippen LogP contribution in [0, 0.1) is 0 Å². The van der Waals surface area contributed by atoms with Crippen molar-refractivity contribution in [3.05, 3.63) is 34.0 Å². The van der Waals surface area contributed by atoms with E-state index in [1.54, 1.807) is 6.33 Å². The van der Waals surface area contributed by atoms with Crippen molar-refractivity contribution < 1.29 is 0 Å². The van der Waals surface area contributed by atoms with E-state index in [0.717, 1.165) is 12.2 Å². The molecule has 2 heterocycles. The van der Waals surface area contributed by atoms with Crippen LogP contribution in [0.4, 0.5) is 0 Å². The third kappa shape index (κ3) is 2.08. The molecule has 0 aliphatic heterocycles. The fourth-order valence-electron chi connectivity index (χ4n) is 2.82. The summed E-state index contributed by atoms with van der Waals surface area (Å²) in [5.41, 5.74) is 7.88. The molecule has 1 aliphatic rings. The first kappa shape index (κ1) is 11.9. The van der Waals surface area contributed by atoms with Gasteiger partial charge in [-0.05, 0) is 36.3 Å². The number of aryl methyl sites for hydroxylation is 2. The largest absolute Gasteiger partial charge is 0.327 e. The van der Waals surface area contributed by atoms with Crippen molar-refractivity contribution in [2.24, 2.45) is 12.8 Å². The van der Waals surface area contributed by atoms with E-state index >= 15 is 0 Å². The van der Waals surface area contributed by atoms with Gasteiger partial charge in [0, 0.05) is 30.3 Å². The molecule has 2 N–H and O–H groups in total. The van der Waals surface area contributed by atoms with E-state index in [4.69, 9.17) is 5.73 Å². The molecule has 2 atom stereocenters. The molecule has 1 aliphatic carbocycles. The zero-order valence-electron chi connectivity index (χ0n) is 10.5. The van der Waals surface area contributed by atoms with Gasteiger partial charge in [-0.3, -0.25) is 4.68 Å². The predicted molar refractivity (Wildman–Crippen MR) is 72.7 cm³/mol. The second-order valence-corrected chi connectivity index (χ2v) is 5.97. The lowest BCUT2D eigenvalue weighted by Crippen LogP contribution is -2.33. The maximum absolute atomic E-state index is 6.41. The van der Waals surface area contributed by atoms with Crippen LogP contribution in [-0.2, 0) is 19.9 Å². The average Bonchev–Trinajstić information content (AvgIpc) is 2.98. The number of thiophene rings is 1. The van der Waals surface area contributed by atoms with Gasteiger partial charge < -0.3 is 5.73 Å². The van der Waals surface area contributed by atoms with Crippen LogP contribution in [0.3, 0.4) is 0 Å². The van der Waals surface area contributed by atoms with Gasteiger partial charge in [0.05, 0.1) is 0 Å². The van der Waals surface area contributed by atoms with Crippen LogP contribution in [0.1, 0.15) is 35.0 Å². The number of fused-ring (bicyclic) bond motifs is 1. The molecule has 2 aromatic heterocycles. The molecule has 0 bridgehead atoms. The Labute approximate surface area is 111 Å². The molecule has 0 spiro atoms. The minimum atomic E-state index is 0.140. The average molecular weight is 262 g/mol. The van der Waals surface area contributed by atoms with E-state index in [1.165, 1.54) is 29.7 Å². The highest BCUT2D eigenvalue weighted by Crippen LogP contribution is 2.36. The van der Waals surface area contributed by atoms with Crippen molar-refractivity contribution in [3.63, 3.8) is 0 Å². The number of aromatic nitrogens is 3. The molecule has 0 fully saturated rings. The highest BCUT2D eigenvalue weighted by molar-refractivity contribution is 7.10. The van der Waals surface area contributed by atoms with Gasteiger partial charge in [0.15, 0.2) is 0 Å². The molecule has 0 amide bonds. The first-order valence-electron chi connectivity index (χ1n) is 6.40. The summed E-state index contributed by atoms with van der Waals surface area (Å²) in [6.07, 6.45) is 6.07. The number of hydrogen-bond donors (Lipinski definition) is 1.